The van der Waals surface area contributed by atoms with E-state index < -0.39 is 0 Å². The Bertz CT molecular complexity index is 382. The lowest BCUT2D eigenvalue weighted by atomic mass is 10.2. The van der Waals surface area contributed by atoms with Crippen molar-refractivity contribution in [2.75, 3.05) is 13.1 Å². The maximum absolute atomic E-state index is 11.4. The average molecular weight is 285 g/mol. The number of hydrogen-bond acceptors (Lipinski definition) is 4. The summed E-state index contributed by atoms with van der Waals surface area (Å²) in [6, 6.07) is -0.168. The summed E-state index contributed by atoms with van der Waals surface area (Å²) in [5, 5.41) is 18.0. The van der Waals surface area contributed by atoms with Crippen LogP contribution in [0.25, 0.3) is 0 Å². The highest BCUT2D eigenvalue weighted by Crippen LogP contribution is 2.10. The predicted octanol–water partition coefficient (Wildman–Crippen LogP) is 1.84. The second kappa shape index (κ2) is 8.87. The van der Waals surface area contributed by atoms with Crippen LogP contribution in [0, 0.1) is 6.92 Å². The molecule has 0 aliphatic carbocycles. The van der Waals surface area contributed by atoms with Gasteiger partial charge in [0.05, 0.1) is 11.1 Å². The summed E-state index contributed by atoms with van der Waals surface area (Å²) in [5.41, 5.74) is 1.06. The summed E-state index contributed by atoms with van der Waals surface area (Å²) in [5.74, 6) is 0. The lowest BCUT2D eigenvalue weighted by Crippen LogP contribution is -2.37. The van der Waals surface area contributed by atoms with E-state index in [9.17, 15) is 9.90 Å². The molecular formula is C13H23N3O2S. The van der Waals surface area contributed by atoms with Gasteiger partial charge in [0, 0.05) is 30.6 Å². The van der Waals surface area contributed by atoms with Gasteiger partial charge in [0.2, 0.25) is 0 Å². The summed E-state index contributed by atoms with van der Waals surface area (Å²) in [7, 11) is 0. The minimum atomic E-state index is -0.326. The molecule has 0 bridgehead atoms. The number of rotatable bonds is 8. The minimum Gasteiger partial charge on any atom is -0.393 e. The van der Waals surface area contributed by atoms with Crippen LogP contribution < -0.4 is 10.6 Å². The standard InChI is InChI=1S/C13H23N3O2S/c1-3-11(17)6-8-15-13(18)14-7-4-5-12-16-10(2)9-19-12/h9,11,17H,3-8H2,1-2H3,(H2,14,15,18). The number of urea groups is 1. The van der Waals surface area contributed by atoms with Crippen molar-refractivity contribution in [2.24, 2.45) is 0 Å². The summed E-state index contributed by atoms with van der Waals surface area (Å²) < 4.78 is 0. The SMILES string of the molecule is CCC(O)CCNC(=O)NCCCc1nc(C)cs1. The van der Waals surface area contributed by atoms with Crippen LogP contribution >= 0.6 is 11.3 Å². The lowest BCUT2D eigenvalue weighted by molar-refractivity contribution is 0.160. The number of thiazole rings is 1. The van der Waals surface area contributed by atoms with Gasteiger partial charge >= 0.3 is 6.03 Å². The van der Waals surface area contributed by atoms with Crippen molar-refractivity contribution in [3.63, 3.8) is 0 Å². The molecule has 5 nitrogen and oxygen atoms in total. The maximum Gasteiger partial charge on any atom is 0.314 e. The predicted molar refractivity (Wildman–Crippen MR) is 77.5 cm³/mol. The van der Waals surface area contributed by atoms with Gasteiger partial charge in [0.15, 0.2) is 0 Å². The number of nitrogens with zero attached hydrogens (tertiary/aromatic N) is 1. The highest BCUT2D eigenvalue weighted by atomic mass is 32.1. The highest BCUT2D eigenvalue weighted by Gasteiger charge is 2.03. The Morgan fingerprint density at radius 2 is 2.21 bits per heavy atom. The van der Waals surface area contributed by atoms with Gasteiger partial charge in [0.1, 0.15) is 0 Å². The van der Waals surface area contributed by atoms with Crippen LogP contribution in [-0.2, 0) is 6.42 Å². The molecule has 0 aliphatic rings. The Morgan fingerprint density at radius 1 is 1.47 bits per heavy atom. The zero-order chi connectivity index (χ0) is 14.1. The molecule has 1 aromatic rings. The number of nitrogens with one attached hydrogen (secondary N) is 2. The van der Waals surface area contributed by atoms with Gasteiger partial charge in [-0.05, 0) is 26.2 Å². The molecule has 0 radical (unpaired) electrons. The first-order valence-electron chi connectivity index (χ1n) is 6.72. The Morgan fingerprint density at radius 3 is 2.84 bits per heavy atom. The second-order valence-electron chi connectivity index (χ2n) is 4.52. The van der Waals surface area contributed by atoms with Crippen molar-refractivity contribution in [3.05, 3.63) is 16.1 Å². The van der Waals surface area contributed by atoms with E-state index in [0.29, 0.717) is 19.5 Å². The first-order chi connectivity index (χ1) is 9.11. The molecule has 0 saturated heterocycles. The maximum atomic E-state index is 11.4. The van der Waals surface area contributed by atoms with Crippen LogP contribution in [0.15, 0.2) is 5.38 Å². The van der Waals surface area contributed by atoms with Crippen molar-refractivity contribution in [2.45, 2.75) is 45.6 Å². The zero-order valence-electron chi connectivity index (χ0n) is 11.6. The first-order valence-corrected chi connectivity index (χ1v) is 7.60. The monoisotopic (exact) mass is 285 g/mol. The molecule has 1 rings (SSSR count). The quantitative estimate of drug-likeness (QED) is 0.638. The molecule has 0 aromatic carbocycles. The Balaban J connectivity index is 2.01. The fraction of sp³-hybridized carbons (Fsp3) is 0.692. The van der Waals surface area contributed by atoms with Crippen LogP contribution in [0.1, 0.15) is 36.9 Å². The molecule has 3 N–H and O–H groups in total. The molecule has 0 saturated carbocycles. The molecule has 19 heavy (non-hydrogen) atoms. The Labute approximate surface area is 118 Å². The molecule has 1 heterocycles. The fourth-order valence-corrected chi connectivity index (χ4v) is 2.40. The second-order valence-corrected chi connectivity index (χ2v) is 5.46. The third-order valence-electron chi connectivity index (χ3n) is 2.75. The third kappa shape index (κ3) is 7.12. The molecular weight excluding hydrogens is 262 g/mol. The van der Waals surface area contributed by atoms with Gasteiger partial charge in [-0.2, -0.15) is 0 Å². The smallest absolute Gasteiger partial charge is 0.314 e. The van der Waals surface area contributed by atoms with Crippen LogP contribution in [0.5, 0.6) is 0 Å². The minimum absolute atomic E-state index is 0.168. The fourth-order valence-electron chi connectivity index (χ4n) is 1.58. The molecule has 1 aromatic heterocycles. The number of aliphatic hydroxyl groups is 1. The van der Waals surface area contributed by atoms with Crippen molar-refractivity contribution in [1.29, 1.82) is 0 Å². The number of carbonyl (C=O) groups excluding carboxylic acids is 1. The van der Waals surface area contributed by atoms with Crippen molar-refractivity contribution in [1.82, 2.24) is 15.6 Å². The largest absolute Gasteiger partial charge is 0.393 e. The number of hydrogen-bond donors (Lipinski definition) is 3. The topological polar surface area (TPSA) is 74.2 Å². The van der Waals surface area contributed by atoms with E-state index in [-0.39, 0.29) is 12.1 Å². The number of aryl methyl sites for hydroxylation is 2. The van der Waals surface area contributed by atoms with E-state index in [4.69, 9.17) is 0 Å². The summed E-state index contributed by atoms with van der Waals surface area (Å²) in [6.07, 6.45) is 2.78. The van der Waals surface area contributed by atoms with Crippen molar-refractivity contribution >= 4 is 17.4 Å². The van der Waals surface area contributed by atoms with Crippen LogP contribution in [0.4, 0.5) is 4.79 Å². The molecule has 0 spiro atoms. The van der Waals surface area contributed by atoms with Gasteiger partial charge in [-0.25, -0.2) is 9.78 Å². The highest BCUT2D eigenvalue weighted by molar-refractivity contribution is 7.09. The van der Waals surface area contributed by atoms with Gasteiger partial charge in [0.25, 0.3) is 0 Å². The number of carbonyl (C=O) groups is 1. The first kappa shape index (κ1) is 15.9. The molecule has 2 amide bonds. The summed E-state index contributed by atoms with van der Waals surface area (Å²) in [6.45, 7) is 5.05. The van der Waals surface area contributed by atoms with Gasteiger partial charge in [-0.3, -0.25) is 0 Å². The Kier molecular flexibility index (Phi) is 7.43. The third-order valence-corrected chi connectivity index (χ3v) is 3.78. The van der Waals surface area contributed by atoms with Crippen LogP contribution in [-0.4, -0.2) is 35.3 Å². The molecule has 0 fully saturated rings. The average Bonchev–Trinajstić information content (AvgIpc) is 2.80. The van der Waals surface area contributed by atoms with E-state index in [2.05, 4.69) is 15.6 Å². The molecule has 108 valence electrons. The van der Waals surface area contributed by atoms with Gasteiger partial charge in [-0.15, -0.1) is 11.3 Å². The normalized spacial score (nSPS) is 12.2. The summed E-state index contributed by atoms with van der Waals surface area (Å²) in [4.78, 5) is 15.8. The molecule has 1 atom stereocenters. The summed E-state index contributed by atoms with van der Waals surface area (Å²) >= 11 is 1.66. The van der Waals surface area contributed by atoms with E-state index in [0.717, 1.165) is 30.0 Å². The molecule has 6 heteroatoms. The van der Waals surface area contributed by atoms with Gasteiger partial charge < -0.3 is 15.7 Å². The van der Waals surface area contributed by atoms with Gasteiger partial charge in [-0.1, -0.05) is 6.92 Å². The number of amides is 2. The number of aliphatic hydroxyl groups excluding tert-OH is 1. The van der Waals surface area contributed by atoms with E-state index in [1.807, 2.05) is 19.2 Å². The van der Waals surface area contributed by atoms with Crippen LogP contribution in [0.3, 0.4) is 0 Å². The zero-order valence-corrected chi connectivity index (χ0v) is 12.4. The van der Waals surface area contributed by atoms with E-state index >= 15 is 0 Å². The molecule has 1 unspecified atom stereocenters. The van der Waals surface area contributed by atoms with Crippen LogP contribution in [0.2, 0.25) is 0 Å². The van der Waals surface area contributed by atoms with Crippen molar-refractivity contribution < 1.29 is 9.90 Å². The van der Waals surface area contributed by atoms with Crippen molar-refractivity contribution in [3.8, 4) is 0 Å². The van der Waals surface area contributed by atoms with E-state index in [1.54, 1.807) is 11.3 Å². The Hall–Kier alpha value is -1.14. The molecule has 0 aliphatic heterocycles. The van der Waals surface area contributed by atoms with E-state index in [1.165, 1.54) is 0 Å². The number of aromatic nitrogens is 1. The lowest BCUT2D eigenvalue weighted by Gasteiger charge is -2.09.